The van der Waals surface area contributed by atoms with Crippen molar-refractivity contribution in [2.45, 2.75) is 221 Å². The van der Waals surface area contributed by atoms with E-state index in [-0.39, 0.29) is 49.5 Å². The fourth-order valence-electron chi connectivity index (χ4n) is 13.1. The number of aliphatic hydroxyl groups is 7. The lowest BCUT2D eigenvalue weighted by Crippen LogP contribution is -2.65. The third kappa shape index (κ3) is 12.2. The first-order chi connectivity index (χ1) is 37.0. The molecule has 0 spiro atoms. The van der Waals surface area contributed by atoms with E-state index in [1.165, 1.54) is 39.4 Å². The smallest absolute Gasteiger partial charge is 0.331 e. The van der Waals surface area contributed by atoms with E-state index >= 15 is 0 Å². The maximum atomic E-state index is 14.0. The molecule has 25 atom stereocenters. The van der Waals surface area contributed by atoms with Gasteiger partial charge in [-0.15, -0.1) is 0 Å². The van der Waals surface area contributed by atoms with Gasteiger partial charge in [-0.25, -0.2) is 4.79 Å². The third-order valence-corrected chi connectivity index (χ3v) is 17.9. The number of fused-ring (bicyclic) bond motifs is 1. The largest absolute Gasteiger partial charge is 0.458 e. The number of allylic oxidation sites excluding steroid dienone is 1. The molecule has 4 saturated heterocycles. The molecule has 3 aliphatic carbocycles. The summed E-state index contributed by atoms with van der Waals surface area (Å²) in [6.45, 7) is 9.30. The Morgan fingerprint density at radius 3 is 2.08 bits per heavy atom. The van der Waals surface area contributed by atoms with Gasteiger partial charge >= 0.3 is 5.97 Å². The summed E-state index contributed by atoms with van der Waals surface area (Å²) >= 11 is 0. The summed E-state index contributed by atoms with van der Waals surface area (Å²) in [7, 11) is 2.85. The van der Waals surface area contributed by atoms with Crippen molar-refractivity contribution in [2.75, 3.05) is 20.8 Å². The maximum absolute atomic E-state index is 14.0. The Morgan fingerprint density at radius 2 is 1.42 bits per heavy atom. The average Bonchev–Trinajstić information content (AvgIpc) is 3.79. The third-order valence-electron chi connectivity index (χ3n) is 17.9. The Hall–Kier alpha value is -3.50. The molecule has 2 saturated carbocycles. The topological polar surface area (TPSA) is 311 Å². The summed E-state index contributed by atoms with van der Waals surface area (Å²) in [4.78, 5) is 54.4. The molecule has 7 N–H and O–H groups in total. The first-order valence-corrected chi connectivity index (χ1v) is 27.2. The van der Waals surface area contributed by atoms with Crippen molar-refractivity contribution >= 4 is 29.4 Å². The zero-order valence-corrected chi connectivity index (χ0v) is 45.5. The van der Waals surface area contributed by atoms with Gasteiger partial charge in [-0.3, -0.25) is 14.4 Å². The molecule has 4 aliphatic heterocycles. The molecule has 1 aromatic rings. The zero-order chi connectivity index (χ0) is 56.6. The summed E-state index contributed by atoms with van der Waals surface area (Å²) in [6, 6.07) is 9.14. The number of aliphatic hydroxyl groups excluding tert-OH is 6. The van der Waals surface area contributed by atoms with Gasteiger partial charge in [0.25, 0.3) is 0 Å². The average molecular weight is 1110 g/mol. The maximum Gasteiger partial charge on any atom is 0.331 e. The number of ether oxygens (including phenoxy) is 11. The Labute approximate surface area is 454 Å². The number of methoxy groups -OCH3 is 2. The van der Waals surface area contributed by atoms with Crippen molar-refractivity contribution in [2.24, 2.45) is 22.7 Å². The predicted octanol–water partition coefficient (Wildman–Crippen LogP) is 1.36. The van der Waals surface area contributed by atoms with Crippen LogP contribution in [0.2, 0.25) is 0 Å². The van der Waals surface area contributed by atoms with E-state index in [1.807, 2.05) is 37.3 Å². The fourth-order valence-corrected chi connectivity index (χ4v) is 13.1. The van der Waals surface area contributed by atoms with Crippen molar-refractivity contribution in [3.8, 4) is 0 Å². The molecule has 0 bridgehead atoms. The van der Waals surface area contributed by atoms with Crippen LogP contribution in [0, 0.1) is 22.7 Å². The van der Waals surface area contributed by atoms with Crippen LogP contribution < -0.4 is 0 Å². The number of Topliss-reactive ketones (excluding diaryl/α,β-unsaturated/α-hetero) is 2. The van der Waals surface area contributed by atoms with Crippen molar-refractivity contribution in [1.29, 1.82) is 0 Å². The summed E-state index contributed by atoms with van der Waals surface area (Å²) in [5, 5.41) is 76.2. The fraction of sp³-hybridized carbons (Fsp3) is 0.750. The number of rotatable bonds is 18. The van der Waals surface area contributed by atoms with Crippen LogP contribution in [0.1, 0.15) is 98.5 Å². The lowest BCUT2D eigenvalue weighted by Gasteiger charge is -2.55. The number of carbonyl (C=O) groups excluding carboxylic acids is 4. The highest BCUT2D eigenvalue weighted by Gasteiger charge is 2.62. The second kappa shape index (κ2) is 24.9. The normalized spacial score (nSPS) is 45.5. The lowest BCUT2D eigenvalue weighted by atomic mass is 9.52. The molecular formula is C56H80O22. The number of benzene rings is 1. The molecule has 0 unspecified atom stereocenters. The highest BCUT2D eigenvalue weighted by molar-refractivity contribution is 5.97. The molecule has 22 heteroatoms. The molecule has 4 heterocycles. The Bertz CT molecular complexity index is 2290. The van der Waals surface area contributed by atoms with E-state index in [0.717, 1.165) is 5.56 Å². The molecule has 78 heavy (non-hydrogen) atoms. The molecule has 22 nitrogen and oxygen atoms in total. The number of hydrogen-bond donors (Lipinski definition) is 7. The molecule has 0 amide bonds. The van der Waals surface area contributed by atoms with Crippen LogP contribution in [-0.2, 0) is 71.3 Å². The van der Waals surface area contributed by atoms with Crippen LogP contribution in [0.3, 0.4) is 0 Å². The second-order valence-corrected chi connectivity index (χ2v) is 22.7. The van der Waals surface area contributed by atoms with Gasteiger partial charge in [-0.05, 0) is 84.1 Å². The highest BCUT2D eigenvalue weighted by atomic mass is 16.8. The first-order valence-electron chi connectivity index (χ1n) is 27.2. The van der Waals surface area contributed by atoms with Crippen LogP contribution >= 0.6 is 0 Å². The van der Waals surface area contributed by atoms with Crippen LogP contribution in [0.15, 0.2) is 48.6 Å². The highest BCUT2D eigenvalue weighted by Crippen LogP contribution is 2.57. The molecule has 0 radical (unpaired) electrons. The lowest BCUT2D eigenvalue weighted by molar-refractivity contribution is -0.373. The second-order valence-electron chi connectivity index (χ2n) is 22.7. The van der Waals surface area contributed by atoms with E-state index in [0.29, 0.717) is 19.3 Å². The summed E-state index contributed by atoms with van der Waals surface area (Å²) in [6.07, 6.45) is -15.0. The van der Waals surface area contributed by atoms with Crippen LogP contribution in [0.25, 0.3) is 6.08 Å². The van der Waals surface area contributed by atoms with Crippen LogP contribution in [-0.4, -0.2) is 208 Å². The van der Waals surface area contributed by atoms with Crippen molar-refractivity contribution in [1.82, 2.24) is 0 Å². The van der Waals surface area contributed by atoms with Gasteiger partial charge in [-0.1, -0.05) is 37.3 Å². The molecule has 0 aromatic heterocycles. The summed E-state index contributed by atoms with van der Waals surface area (Å²) in [5.41, 5.74) is -3.30. The monoisotopic (exact) mass is 1100 g/mol. The zero-order valence-electron chi connectivity index (χ0n) is 45.5. The molecule has 1 aromatic carbocycles. The van der Waals surface area contributed by atoms with Gasteiger partial charge < -0.3 is 87.9 Å². The van der Waals surface area contributed by atoms with Gasteiger partial charge in [0, 0.05) is 63.2 Å². The minimum atomic E-state index is -1.71. The van der Waals surface area contributed by atoms with E-state index in [1.54, 1.807) is 33.8 Å². The van der Waals surface area contributed by atoms with Crippen molar-refractivity contribution < 1.29 is 107 Å². The van der Waals surface area contributed by atoms with Gasteiger partial charge in [-0.2, -0.15) is 0 Å². The van der Waals surface area contributed by atoms with Gasteiger partial charge in [0.15, 0.2) is 30.9 Å². The van der Waals surface area contributed by atoms with Crippen molar-refractivity contribution in [3.63, 3.8) is 0 Å². The molecule has 6 fully saturated rings. The van der Waals surface area contributed by atoms with Gasteiger partial charge in [0.05, 0.1) is 54.2 Å². The molecular weight excluding hydrogens is 1020 g/mol. The Kier molecular flexibility index (Phi) is 19.4. The van der Waals surface area contributed by atoms with Gasteiger partial charge in [0.1, 0.15) is 72.6 Å². The summed E-state index contributed by atoms with van der Waals surface area (Å²) < 4.78 is 66.9. The van der Waals surface area contributed by atoms with E-state index in [4.69, 9.17) is 52.1 Å². The Morgan fingerprint density at radius 1 is 0.769 bits per heavy atom. The molecule has 7 aliphatic rings. The summed E-state index contributed by atoms with van der Waals surface area (Å²) in [5.74, 6) is -3.07. The molecule has 8 rings (SSSR count). The number of hydrogen-bond acceptors (Lipinski definition) is 22. The minimum absolute atomic E-state index is 0.0543. The van der Waals surface area contributed by atoms with E-state index < -0.39 is 164 Å². The quantitative estimate of drug-likeness (QED) is 0.0806. The van der Waals surface area contributed by atoms with E-state index in [2.05, 4.69) is 0 Å². The SMILES string of the molecule is CO[C@@H]1[C@@H](O)[C@H](O[C@H]2[C@@H](O)C[C@H](O[C@H]3[C@@H](OC)C[C@H](O[C@H]4CC[C@]5(C)[C@@H](C[C@@H](OC(=O)/C=C/c6ccccc6)[C@]6(C)C(=O)CC[C@@H]6C(C)=O)C(=O)C=C[C@]5(O)C4)O[C@@H]3C)O[C@@H]2C)O[C@H](C)[C@H]1O[C@@H]1O[C@H](CO)[C@@H](O)[C@H](O)[C@H]1O. The Balaban J connectivity index is 0.866. The number of ketones is 3. The first kappa shape index (κ1) is 60.6. The predicted molar refractivity (Wildman–Crippen MR) is 270 cm³/mol. The minimum Gasteiger partial charge on any atom is -0.458 e. The van der Waals surface area contributed by atoms with Crippen LogP contribution in [0.5, 0.6) is 0 Å². The number of carbonyl (C=O) groups is 4. The van der Waals surface area contributed by atoms with Gasteiger partial charge in [0.2, 0.25) is 0 Å². The van der Waals surface area contributed by atoms with Crippen molar-refractivity contribution in [3.05, 3.63) is 54.1 Å². The molecule has 436 valence electrons. The van der Waals surface area contributed by atoms with Crippen LogP contribution in [0.4, 0.5) is 0 Å². The standard InChI is InChI=1S/C56H80O22/c1-27(58)33-15-16-39(61)55(33,6)40(75-41(62)17-14-31-12-10-9-11-13-31)22-34-35(59)19-21-56(67)25-32(18-20-54(34,56)5)73-43-24-37(68-7)49(29(3)71-43)76-42-23-36(60)48(28(2)70-42)77-53-47(66)51(69-8)50(30(4)72-53)78-52-46(65)45(64)44(63)38(26-57)74-52/h9-14,17,19,21,28-30,32-34,36-38,40,42-53,57,60,63-67H,15-16,18,20,22-26H2,1-8H3/b17-14+/t28-,29-,30-,32+,33-,34+,36+,37+,38-,40-,42+,43+,44-,45+,46-,47-,48-,49-,50-,51-,52+,53+,54-,55+,56+/m1/s1. The van der Waals surface area contributed by atoms with E-state index in [9.17, 15) is 54.9 Å². The number of esters is 1.